The Morgan fingerprint density at radius 1 is 1.31 bits per heavy atom. The molecule has 2 aliphatic rings. The van der Waals surface area contributed by atoms with Crippen molar-refractivity contribution in [2.75, 3.05) is 0 Å². The van der Waals surface area contributed by atoms with Crippen molar-refractivity contribution in [1.29, 1.82) is 0 Å². The number of rotatable bonds is 3. The van der Waals surface area contributed by atoms with Crippen LogP contribution in [0, 0.1) is 0 Å². The van der Waals surface area contributed by atoms with E-state index in [1.54, 1.807) is 19.2 Å². The Morgan fingerprint density at radius 3 is 2.78 bits per heavy atom. The van der Waals surface area contributed by atoms with Crippen molar-refractivity contribution in [2.45, 2.75) is 52.0 Å². The molecular formula is C24H23N3O5. The van der Waals surface area contributed by atoms with Crippen molar-refractivity contribution in [3.8, 4) is 11.4 Å². The molecule has 0 saturated heterocycles. The average molecular weight is 433 g/mol. The second-order valence-electron chi connectivity index (χ2n) is 9.04. The Kier molecular flexibility index (Phi) is 4.29. The van der Waals surface area contributed by atoms with Gasteiger partial charge in [-0.2, -0.15) is 0 Å². The minimum Gasteiger partial charge on any atom is -0.425 e. The molecule has 0 saturated carbocycles. The Hall–Kier alpha value is -3.52. The number of nitrogens with zero attached hydrogens (tertiary/aromatic N) is 3. The number of pyridine rings is 2. The molecule has 8 heteroatoms. The van der Waals surface area contributed by atoms with Crippen LogP contribution in [0.3, 0.4) is 0 Å². The van der Waals surface area contributed by atoms with Crippen molar-refractivity contribution in [1.82, 2.24) is 9.55 Å². The molecule has 8 nitrogen and oxygen atoms in total. The van der Waals surface area contributed by atoms with Crippen LogP contribution in [0.25, 0.3) is 22.3 Å². The van der Waals surface area contributed by atoms with E-state index in [0.717, 1.165) is 22.0 Å². The zero-order valence-corrected chi connectivity index (χ0v) is 18.3. The lowest BCUT2D eigenvalue weighted by atomic mass is 9.98. The molecule has 2 aliphatic heterocycles. The highest BCUT2D eigenvalue weighted by molar-refractivity contribution is 6.02. The standard InChI is InChI=1S/C24H23N3O5/c1-5-24(30)16-10-18-20-15(12-27(18)21(28)19(16)22(29)31-24)14(11-25-32-23(2,3)4)13-8-6-7-9-17(13)26-20/h6-11,30H,5,12H2,1-4H3/b25-11+/t24-/m1/s1. The number of carbonyl (C=O) groups is 1. The summed E-state index contributed by atoms with van der Waals surface area (Å²) in [4.78, 5) is 36.0. The summed E-state index contributed by atoms with van der Waals surface area (Å²) in [5.41, 5.74) is 2.60. The van der Waals surface area contributed by atoms with E-state index in [4.69, 9.17) is 14.6 Å². The van der Waals surface area contributed by atoms with Gasteiger partial charge in [-0.05, 0) is 32.9 Å². The van der Waals surface area contributed by atoms with E-state index in [-0.39, 0.29) is 24.1 Å². The third kappa shape index (κ3) is 2.94. The summed E-state index contributed by atoms with van der Waals surface area (Å²) >= 11 is 0. The molecule has 32 heavy (non-hydrogen) atoms. The predicted octanol–water partition coefficient (Wildman–Crippen LogP) is 3.30. The van der Waals surface area contributed by atoms with Crippen LogP contribution in [0.5, 0.6) is 0 Å². The fourth-order valence-corrected chi connectivity index (χ4v) is 4.22. The first kappa shape index (κ1) is 20.4. The molecule has 0 unspecified atom stereocenters. The van der Waals surface area contributed by atoms with E-state index in [1.165, 1.54) is 4.57 Å². The molecule has 1 N–H and O–H groups in total. The van der Waals surface area contributed by atoms with Crippen molar-refractivity contribution in [3.63, 3.8) is 0 Å². The van der Waals surface area contributed by atoms with Crippen LogP contribution in [0.4, 0.5) is 0 Å². The topological polar surface area (TPSA) is 103 Å². The molecular weight excluding hydrogens is 410 g/mol. The smallest absolute Gasteiger partial charge is 0.347 e. The number of esters is 1. The van der Waals surface area contributed by atoms with Gasteiger partial charge in [0.25, 0.3) is 5.56 Å². The molecule has 5 rings (SSSR count). The van der Waals surface area contributed by atoms with E-state index in [0.29, 0.717) is 11.4 Å². The minimum absolute atomic E-state index is 0.123. The highest BCUT2D eigenvalue weighted by Gasteiger charge is 2.46. The Labute approximate surface area is 184 Å². The van der Waals surface area contributed by atoms with Gasteiger partial charge >= 0.3 is 5.97 Å². The first-order chi connectivity index (χ1) is 15.1. The third-order valence-electron chi connectivity index (χ3n) is 5.77. The van der Waals surface area contributed by atoms with Gasteiger partial charge in [0.1, 0.15) is 11.2 Å². The monoisotopic (exact) mass is 433 g/mol. The van der Waals surface area contributed by atoms with E-state index in [1.807, 2.05) is 45.0 Å². The largest absolute Gasteiger partial charge is 0.425 e. The van der Waals surface area contributed by atoms with Crippen molar-refractivity contribution >= 4 is 23.1 Å². The van der Waals surface area contributed by atoms with Gasteiger partial charge in [0.15, 0.2) is 0 Å². The number of para-hydroxylation sites is 1. The van der Waals surface area contributed by atoms with Gasteiger partial charge < -0.3 is 19.2 Å². The maximum absolute atomic E-state index is 13.3. The highest BCUT2D eigenvalue weighted by atomic mass is 16.7. The zero-order valence-electron chi connectivity index (χ0n) is 18.3. The number of fused-ring (bicyclic) bond motifs is 5. The molecule has 0 amide bonds. The van der Waals surface area contributed by atoms with Gasteiger partial charge in [0.05, 0.1) is 29.7 Å². The quantitative estimate of drug-likeness (QED) is 0.302. The fraction of sp³-hybridized carbons (Fsp3) is 0.333. The molecule has 164 valence electrons. The van der Waals surface area contributed by atoms with Gasteiger partial charge in [0.2, 0.25) is 5.79 Å². The Balaban J connectivity index is 1.76. The van der Waals surface area contributed by atoms with Crippen molar-refractivity contribution in [3.05, 3.63) is 62.9 Å². The predicted molar refractivity (Wildman–Crippen MR) is 119 cm³/mol. The average Bonchev–Trinajstić information content (AvgIpc) is 3.23. The molecule has 0 radical (unpaired) electrons. The number of oxime groups is 1. The summed E-state index contributed by atoms with van der Waals surface area (Å²) in [7, 11) is 0. The number of hydrogen-bond acceptors (Lipinski definition) is 7. The second kappa shape index (κ2) is 6.74. The van der Waals surface area contributed by atoms with Crippen molar-refractivity contribution < 1.29 is 19.5 Å². The Morgan fingerprint density at radius 2 is 2.06 bits per heavy atom. The molecule has 0 fully saturated rings. The van der Waals surface area contributed by atoms with Crippen LogP contribution in [0.15, 0.2) is 40.3 Å². The highest BCUT2D eigenvalue weighted by Crippen LogP contribution is 2.41. The summed E-state index contributed by atoms with van der Waals surface area (Å²) in [5, 5.41) is 15.9. The minimum atomic E-state index is -1.81. The van der Waals surface area contributed by atoms with Crippen LogP contribution in [0.1, 0.15) is 61.2 Å². The lowest BCUT2D eigenvalue weighted by molar-refractivity contribution is -0.164. The SMILES string of the molecule is CC[C@@]1(O)OC(=O)c2c1cc1n(c2=O)Cc2c-1nc1ccccc1c2/C=N/OC(C)(C)C. The fourth-order valence-electron chi connectivity index (χ4n) is 4.22. The molecule has 2 aromatic heterocycles. The molecule has 4 heterocycles. The lowest BCUT2D eigenvalue weighted by Crippen LogP contribution is -2.27. The van der Waals surface area contributed by atoms with Gasteiger partial charge in [-0.15, -0.1) is 0 Å². The van der Waals surface area contributed by atoms with Gasteiger partial charge in [-0.25, -0.2) is 9.78 Å². The van der Waals surface area contributed by atoms with Gasteiger partial charge in [-0.3, -0.25) is 4.79 Å². The summed E-state index contributed by atoms with van der Waals surface area (Å²) in [6.45, 7) is 7.64. The van der Waals surface area contributed by atoms with E-state index in [2.05, 4.69) is 5.16 Å². The summed E-state index contributed by atoms with van der Waals surface area (Å²) in [5.74, 6) is -2.62. The number of aliphatic hydroxyl groups is 1. The van der Waals surface area contributed by atoms with E-state index in [9.17, 15) is 14.7 Å². The molecule has 1 aromatic carbocycles. The summed E-state index contributed by atoms with van der Waals surface area (Å²) in [6, 6.07) is 9.28. The third-order valence-corrected chi connectivity index (χ3v) is 5.77. The number of cyclic esters (lactones) is 1. The maximum atomic E-state index is 13.3. The first-order valence-electron chi connectivity index (χ1n) is 10.5. The van der Waals surface area contributed by atoms with Crippen molar-refractivity contribution in [2.24, 2.45) is 5.16 Å². The van der Waals surface area contributed by atoms with E-state index >= 15 is 0 Å². The first-order valence-corrected chi connectivity index (χ1v) is 10.5. The summed E-state index contributed by atoms with van der Waals surface area (Å²) in [6.07, 6.45) is 1.78. The van der Waals surface area contributed by atoms with Crippen LogP contribution < -0.4 is 5.56 Å². The van der Waals surface area contributed by atoms with Crippen LogP contribution in [0.2, 0.25) is 0 Å². The molecule has 0 aliphatic carbocycles. The molecule has 3 aromatic rings. The lowest BCUT2D eigenvalue weighted by Gasteiger charge is -2.20. The number of ether oxygens (including phenoxy) is 1. The van der Waals surface area contributed by atoms with Crippen LogP contribution in [-0.2, 0) is 21.9 Å². The number of carbonyl (C=O) groups excluding carboxylic acids is 1. The number of hydrogen-bond donors (Lipinski definition) is 1. The van der Waals surface area contributed by atoms with E-state index < -0.39 is 22.9 Å². The molecule has 1 atom stereocenters. The number of benzene rings is 1. The summed E-state index contributed by atoms with van der Waals surface area (Å²) < 4.78 is 6.64. The van der Waals surface area contributed by atoms with Gasteiger partial charge in [-0.1, -0.05) is 30.3 Å². The Bertz CT molecular complexity index is 1380. The van der Waals surface area contributed by atoms with Crippen LogP contribution in [-0.4, -0.2) is 32.4 Å². The van der Waals surface area contributed by atoms with Gasteiger partial charge in [0, 0.05) is 28.5 Å². The number of aromatic nitrogens is 2. The zero-order chi connectivity index (χ0) is 22.8. The molecule has 0 spiro atoms. The normalized spacial score (nSPS) is 19.2. The maximum Gasteiger partial charge on any atom is 0.347 e. The van der Waals surface area contributed by atoms with Crippen LogP contribution >= 0.6 is 0 Å². The second-order valence-corrected chi connectivity index (χ2v) is 9.04. The molecule has 0 bridgehead atoms.